The monoisotopic (exact) mass is 309 g/mol. The fourth-order valence-corrected chi connectivity index (χ4v) is 2.51. The van der Waals surface area contributed by atoms with E-state index in [1.54, 1.807) is 12.3 Å². The van der Waals surface area contributed by atoms with Crippen LogP contribution in [-0.4, -0.2) is 24.0 Å². The first-order valence-electron chi connectivity index (χ1n) is 6.52. The number of benzene rings is 1. The summed E-state index contributed by atoms with van der Waals surface area (Å²) in [5.74, 6) is -0.485. The van der Waals surface area contributed by atoms with E-state index < -0.39 is 5.82 Å². The third-order valence-electron chi connectivity index (χ3n) is 2.63. The number of halogens is 1. The van der Waals surface area contributed by atoms with Crippen molar-refractivity contribution in [1.29, 1.82) is 0 Å². The highest BCUT2D eigenvalue weighted by atomic mass is 32.1. The van der Waals surface area contributed by atoms with Crippen molar-refractivity contribution in [2.75, 3.05) is 18.5 Å². The summed E-state index contributed by atoms with van der Waals surface area (Å²) in [6.45, 7) is 2.65. The lowest BCUT2D eigenvalue weighted by atomic mass is 10.2. The second-order valence-electron chi connectivity index (χ2n) is 4.19. The molecule has 1 aromatic carbocycles. The molecule has 112 valence electrons. The maximum atomic E-state index is 13.2. The predicted octanol–water partition coefficient (Wildman–Crippen LogP) is 2.43. The first-order valence-corrected chi connectivity index (χ1v) is 7.40. The van der Waals surface area contributed by atoms with Gasteiger partial charge in [-0.1, -0.05) is 0 Å². The molecule has 1 heterocycles. The van der Waals surface area contributed by atoms with Crippen LogP contribution in [0.25, 0.3) is 0 Å². The van der Waals surface area contributed by atoms with Gasteiger partial charge in [-0.25, -0.2) is 9.37 Å². The molecule has 0 aliphatic carbocycles. The SMILES string of the molecule is CCOc1cc(F)ccc1NC(=O)c1csc(CCN)n1. The predicted molar refractivity (Wildman–Crippen MR) is 80.4 cm³/mol. The van der Waals surface area contributed by atoms with Crippen LogP contribution in [0.4, 0.5) is 10.1 Å². The molecule has 0 saturated heterocycles. The Hall–Kier alpha value is -1.99. The number of anilines is 1. The highest BCUT2D eigenvalue weighted by molar-refractivity contribution is 7.09. The van der Waals surface area contributed by atoms with Gasteiger partial charge in [0, 0.05) is 17.9 Å². The van der Waals surface area contributed by atoms with E-state index in [0.717, 1.165) is 5.01 Å². The molecule has 0 unspecified atom stereocenters. The molecule has 5 nitrogen and oxygen atoms in total. The van der Waals surface area contributed by atoms with Crippen LogP contribution < -0.4 is 15.8 Å². The smallest absolute Gasteiger partial charge is 0.275 e. The number of nitrogens with one attached hydrogen (secondary N) is 1. The Balaban J connectivity index is 2.14. The van der Waals surface area contributed by atoms with Crippen LogP contribution in [0.5, 0.6) is 5.75 Å². The Bertz CT molecular complexity index is 630. The third kappa shape index (κ3) is 3.99. The Morgan fingerprint density at radius 3 is 3.05 bits per heavy atom. The molecular weight excluding hydrogens is 293 g/mol. The van der Waals surface area contributed by atoms with Gasteiger partial charge in [0.25, 0.3) is 5.91 Å². The van der Waals surface area contributed by atoms with Gasteiger partial charge < -0.3 is 15.8 Å². The maximum absolute atomic E-state index is 13.2. The van der Waals surface area contributed by atoms with Gasteiger partial charge >= 0.3 is 0 Å². The number of aromatic nitrogens is 1. The van der Waals surface area contributed by atoms with E-state index in [0.29, 0.717) is 36.7 Å². The van der Waals surface area contributed by atoms with Crippen molar-refractivity contribution < 1.29 is 13.9 Å². The molecule has 0 bridgehead atoms. The highest BCUT2D eigenvalue weighted by Gasteiger charge is 2.14. The summed E-state index contributed by atoms with van der Waals surface area (Å²) < 4.78 is 18.5. The van der Waals surface area contributed by atoms with Crippen molar-refractivity contribution >= 4 is 22.9 Å². The van der Waals surface area contributed by atoms with Crippen LogP contribution in [0.15, 0.2) is 23.6 Å². The number of rotatable bonds is 6. The number of ether oxygens (including phenoxy) is 1. The molecule has 1 aromatic heterocycles. The van der Waals surface area contributed by atoms with Gasteiger partial charge in [-0.3, -0.25) is 4.79 Å². The van der Waals surface area contributed by atoms with Crippen molar-refractivity contribution in [2.45, 2.75) is 13.3 Å². The molecular formula is C14H16FN3O2S. The largest absolute Gasteiger partial charge is 0.492 e. The maximum Gasteiger partial charge on any atom is 0.275 e. The van der Waals surface area contributed by atoms with E-state index >= 15 is 0 Å². The van der Waals surface area contributed by atoms with Crippen LogP contribution in [0.3, 0.4) is 0 Å². The number of hydrogen-bond acceptors (Lipinski definition) is 5. The van der Waals surface area contributed by atoms with Gasteiger partial charge in [0.1, 0.15) is 17.3 Å². The van der Waals surface area contributed by atoms with Gasteiger partial charge in [0.15, 0.2) is 0 Å². The van der Waals surface area contributed by atoms with Gasteiger partial charge in [0.2, 0.25) is 0 Å². The van der Waals surface area contributed by atoms with Crippen LogP contribution in [0.1, 0.15) is 22.4 Å². The van der Waals surface area contributed by atoms with E-state index in [1.165, 1.54) is 29.5 Å². The van der Waals surface area contributed by atoms with Gasteiger partial charge in [-0.15, -0.1) is 11.3 Å². The molecule has 2 rings (SSSR count). The minimum atomic E-state index is -0.421. The van der Waals surface area contributed by atoms with Gasteiger partial charge in [-0.2, -0.15) is 0 Å². The minimum Gasteiger partial charge on any atom is -0.492 e. The summed E-state index contributed by atoms with van der Waals surface area (Å²) in [5, 5.41) is 5.16. The normalized spacial score (nSPS) is 10.4. The first-order chi connectivity index (χ1) is 10.1. The number of hydrogen-bond donors (Lipinski definition) is 2. The van der Waals surface area contributed by atoms with Crippen LogP contribution in [0.2, 0.25) is 0 Å². The van der Waals surface area contributed by atoms with Crippen molar-refractivity contribution in [3.63, 3.8) is 0 Å². The summed E-state index contributed by atoms with van der Waals surface area (Å²) in [7, 11) is 0. The molecule has 0 radical (unpaired) electrons. The Morgan fingerprint density at radius 1 is 1.52 bits per heavy atom. The van der Waals surface area contributed by atoms with Crippen molar-refractivity contribution in [3.8, 4) is 5.75 Å². The standard InChI is InChI=1S/C14H16FN3O2S/c1-2-20-12-7-9(15)3-4-10(12)18-14(19)11-8-21-13(17-11)5-6-16/h3-4,7-8H,2,5-6,16H2,1H3,(H,18,19). The second-order valence-corrected chi connectivity index (χ2v) is 5.14. The second kappa shape index (κ2) is 7.14. The lowest BCUT2D eigenvalue weighted by Gasteiger charge is -2.10. The quantitative estimate of drug-likeness (QED) is 0.859. The molecule has 3 N–H and O–H groups in total. The van der Waals surface area contributed by atoms with Crippen molar-refractivity contribution in [2.24, 2.45) is 5.73 Å². The van der Waals surface area contributed by atoms with E-state index in [4.69, 9.17) is 10.5 Å². The fraction of sp³-hybridized carbons (Fsp3) is 0.286. The third-order valence-corrected chi connectivity index (χ3v) is 3.54. The summed E-state index contributed by atoms with van der Waals surface area (Å²) in [6, 6.07) is 3.96. The topological polar surface area (TPSA) is 77.2 Å². The molecule has 0 atom stereocenters. The molecule has 1 amide bonds. The fourth-order valence-electron chi connectivity index (χ4n) is 1.71. The molecule has 0 saturated carbocycles. The van der Waals surface area contributed by atoms with Crippen molar-refractivity contribution in [3.05, 3.63) is 40.1 Å². The average molecular weight is 309 g/mol. The average Bonchev–Trinajstić information content (AvgIpc) is 2.91. The number of carbonyl (C=O) groups is 1. The molecule has 21 heavy (non-hydrogen) atoms. The minimum absolute atomic E-state index is 0.295. The number of carbonyl (C=O) groups excluding carboxylic acids is 1. The van der Waals surface area contributed by atoms with E-state index in [1.807, 2.05) is 0 Å². The lowest BCUT2D eigenvalue weighted by molar-refractivity contribution is 0.102. The van der Waals surface area contributed by atoms with Crippen LogP contribution >= 0.6 is 11.3 Å². The molecule has 0 fully saturated rings. The summed E-state index contributed by atoms with van der Waals surface area (Å²) >= 11 is 1.39. The van der Waals surface area contributed by atoms with Gasteiger partial charge in [-0.05, 0) is 25.6 Å². The number of thiazole rings is 1. The number of nitrogens with two attached hydrogens (primary N) is 1. The summed E-state index contributed by atoms with van der Waals surface area (Å²) in [5.41, 5.74) is 6.18. The zero-order chi connectivity index (χ0) is 15.2. The molecule has 0 aliphatic heterocycles. The Kier molecular flexibility index (Phi) is 5.24. The molecule has 0 aliphatic rings. The Morgan fingerprint density at radius 2 is 2.33 bits per heavy atom. The van der Waals surface area contributed by atoms with Gasteiger partial charge in [0.05, 0.1) is 17.3 Å². The van der Waals surface area contributed by atoms with E-state index in [-0.39, 0.29) is 5.91 Å². The van der Waals surface area contributed by atoms with Crippen molar-refractivity contribution in [1.82, 2.24) is 4.98 Å². The van der Waals surface area contributed by atoms with Crippen LogP contribution in [0, 0.1) is 5.82 Å². The molecule has 2 aromatic rings. The zero-order valence-electron chi connectivity index (χ0n) is 11.6. The summed E-state index contributed by atoms with van der Waals surface area (Å²) in [4.78, 5) is 16.3. The lowest BCUT2D eigenvalue weighted by Crippen LogP contribution is -2.14. The number of amides is 1. The molecule has 0 spiro atoms. The highest BCUT2D eigenvalue weighted by Crippen LogP contribution is 2.26. The van der Waals surface area contributed by atoms with E-state index in [9.17, 15) is 9.18 Å². The van der Waals surface area contributed by atoms with Crippen LogP contribution in [-0.2, 0) is 6.42 Å². The summed E-state index contributed by atoms with van der Waals surface area (Å²) in [6.07, 6.45) is 0.638. The Labute approximate surface area is 126 Å². The number of nitrogens with zero attached hydrogens (tertiary/aromatic N) is 1. The van der Waals surface area contributed by atoms with E-state index in [2.05, 4.69) is 10.3 Å². The first kappa shape index (κ1) is 15.4. The molecule has 7 heteroatoms. The zero-order valence-corrected chi connectivity index (χ0v) is 12.4.